The lowest BCUT2D eigenvalue weighted by atomic mass is 10.1. The summed E-state index contributed by atoms with van der Waals surface area (Å²) in [4.78, 5) is 28.6. The fraction of sp³-hybridized carbons (Fsp3) is 0.579. The number of carbonyl (C=O) groups is 2. The second-order valence-electron chi connectivity index (χ2n) is 6.92. The Morgan fingerprint density at radius 1 is 1.08 bits per heavy atom. The number of rotatable bonds is 4. The Kier molecular flexibility index (Phi) is 6.02. The fourth-order valence-electron chi connectivity index (χ4n) is 3.62. The van der Waals surface area contributed by atoms with Gasteiger partial charge in [0.1, 0.15) is 5.82 Å². The molecule has 1 N–H and O–H groups in total. The van der Waals surface area contributed by atoms with Gasteiger partial charge in [-0.15, -0.1) is 0 Å². The Labute approximate surface area is 148 Å². The van der Waals surface area contributed by atoms with Crippen molar-refractivity contribution < 1.29 is 14.0 Å². The molecule has 0 radical (unpaired) electrons. The van der Waals surface area contributed by atoms with Crippen molar-refractivity contribution in [3.63, 3.8) is 0 Å². The minimum atomic E-state index is -0.321. The summed E-state index contributed by atoms with van der Waals surface area (Å²) >= 11 is 0. The monoisotopic (exact) mass is 347 g/mol. The molecule has 1 unspecified atom stereocenters. The van der Waals surface area contributed by atoms with E-state index in [0.717, 1.165) is 25.8 Å². The van der Waals surface area contributed by atoms with Gasteiger partial charge in [0.25, 0.3) is 0 Å². The molecule has 2 fully saturated rings. The lowest BCUT2D eigenvalue weighted by molar-refractivity contribution is -0.133. The number of nitrogens with zero attached hydrogens (tertiary/aromatic N) is 2. The van der Waals surface area contributed by atoms with Crippen LogP contribution in [0.4, 0.5) is 4.39 Å². The molecular formula is C19H26FN3O2. The van der Waals surface area contributed by atoms with Gasteiger partial charge < -0.3 is 15.1 Å². The van der Waals surface area contributed by atoms with E-state index in [1.807, 2.05) is 4.90 Å². The van der Waals surface area contributed by atoms with E-state index < -0.39 is 0 Å². The van der Waals surface area contributed by atoms with Crippen LogP contribution in [0.1, 0.15) is 31.2 Å². The van der Waals surface area contributed by atoms with Gasteiger partial charge in [-0.1, -0.05) is 12.1 Å². The molecular weight excluding hydrogens is 321 g/mol. The first-order valence-electron chi connectivity index (χ1n) is 9.15. The lowest BCUT2D eigenvalue weighted by Gasteiger charge is -2.23. The van der Waals surface area contributed by atoms with Crippen LogP contribution in [-0.2, 0) is 16.0 Å². The molecule has 1 atom stereocenters. The van der Waals surface area contributed by atoms with E-state index in [4.69, 9.17) is 0 Å². The van der Waals surface area contributed by atoms with Crippen LogP contribution in [0.2, 0.25) is 0 Å². The maximum Gasteiger partial charge on any atom is 0.227 e. The number of hydrogen-bond acceptors (Lipinski definition) is 3. The van der Waals surface area contributed by atoms with Crippen LogP contribution in [0, 0.1) is 5.82 Å². The Hall–Kier alpha value is -1.95. The third kappa shape index (κ3) is 5.01. The number of nitrogens with one attached hydrogen (secondary N) is 1. The molecule has 1 aromatic carbocycles. The Bertz CT molecular complexity index is 616. The zero-order valence-electron chi connectivity index (χ0n) is 14.5. The smallest absolute Gasteiger partial charge is 0.227 e. The molecule has 0 bridgehead atoms. The minimum Gasteiger partial charge on any atom is -0.341 e. The zero-order chi connectivity index (χ0) is 17.6. The van der Waals surface area contributed by atoms with Gasteiger partial charge >= 0.3 is 0 Å². The average molecular weight is 347 g/mol. The van der Waals surface area contributed by atoms with Crippen molar-refractivity contribution in [1.82, 2.24) is 15.1 Å². The van der Waals surface area contributed by atoms with Gasteiger partial charge in [-0.3, -0.25) is 9.59 Å². The van der Waals surface area contributed by atoms with Crippen molar-refractivity contribution >= 4 is 11.8 Å². The topological polar surface area (TPSA) is 52.7 Å². The summed E-state index contributed by atoms with van der Waals surface area (Å²) in [5, 5.41) is 3.36. The summed E-state index contributed by atoms with van der Waals surface area (Å²) in [6.07, 6.45) is 3.76. The van der Waals surface area contributed by atoms with Crippen molar-refractivity contribution in [1.29, 1.82) is 0 Å². The first-order valence-corrected chi connectivity index (χ1v) is 9.15. The Morgan fingerprint density at radius 2 is 1.84 bits per heavy atom. The highest BCUT2D eigenvalue weighted by Crippen LogP contribution is 2.13. The Morgan fingerprint density at radius 3 is 2.52 bits per heavy atom. The standard InChI is InChI=1S/C19H26FN3O2/c20-16-5-1-4-15(12-16)13-18(24)22-8-3-9-23(11-10-22)19(25)14-17-6-2-7-21-17/h1,4-5,12,17,21H,2-3,6-11,13-14H2. The molecule has 136 valence electrons. The zero-order valence-corrected chi connectivity index (χ0v) is 14.5. The maximum absolute atomic E-state index is 13.3. The van der Waals surface area contributed by atoms with Crippen LogP contribution in [0.3, 0.4) is 0 Å². The van der Waals surface area contributed by atoms with E-state index in [0.29, 0.717) is 44.2 Å². The van der Waals surface area contributed by atoms with Gasteiger partial charge in [0.15, 0.2) is 0 Å². The van der Waals surface area contributed by atoms with Gasteiger partial charge in [-0.25, -0.2) is 4.39 Å². The molecule has 2 amide bonds. The van der Waals surface area contributed by atoms with E-state index in [1.165, 1.54) is 12.1 Å². The number of amides is 2. The average Bonchev–Trinajstić information content (AvgIpc) is 2.95. The molecule has 1 aromatic rings. The maximum atomic E-state index is 13.3. The van der Waals surface area contributed by atoms with E-state index >= 15 is 0 Å². The number of halogens is 1. The van der Waals surface area contributed by atoms with Gasteiger partial charge in [0, 0.05) is 38.6 Å². The Balaban J connectivity index is 1.50. The van der Waals surface area contributed by atoms with Crippen LogP contribution in [-0.4, -0.2) is 60.4 Å². The highest BCUT2D eigenvalue weighted by molar-refractivity contribution is 5.79. The highest BCUT2D eigenvalue weighted by Gasteiger charge is 2.25. The first kappa shape index (κ1) is 17.9. The van der Waals surface area contributed by atoms with Crippen molar-refractivity contribution in [2.75, 3.05) is 32.7 Å². The summed E-state index contributed by atoms with van der Waals surface area (Å²) in [7, 11) is 0. The summed E-state index contributed by atoms with van der Waals surface area (Å²) in [5.41, 5.74) is 0.689. The number of hydrogen-bond donors (Lipinski definition) is 1. The summed E-state index contributed by atoms with van der Waals surface area (Å²) < 4.78 is 13.3. The number of carbonyl (C=O) groups excluding carboxylic acids is 2. The van der Waals surface area contributed by atoms with Crippen molar-refractivity contribution in [2.24, 2.45) is 0 Å². The van der Waals surface area contributed by atoms with E-state index in [1.54, 1.807) is 17.0 Å². The van der Waals surface area contributed by atoms with Gasteiger partial charge in [0.05, 0.1) is 6.42 Å². The molecule has 2 aliphatic heterocycles. The highest BCUT2D eigenvalue weighted by atomic mass is 19.1. The molecule has 25 heavy (non-hydrogen) atoms. The number of benzene rings is 1. The van der Waals surface area contributed by atoms with Gasteiger partial charge in [-0.05, 0) is 43.5 Å². The van der Waals surface area contributed by atoms with Crippen LogP contribution < -0.4 is 5.32 Å². The van der Waals surface area contributed by atoms with Crippen molar-refractivity contribution in [3.8, 4) is 0 Å². The van der Waals surface area contributed by atoms with E-state index in [2.05, 4.69) is 5.32 Å². The molecule has 6 heteroatoms. The first-order chi connectivity index (χ1) is 12.1. The molecule has 2 heterocycles. The fourth-order valence-corrected chi connectivity index (χ4v) is 3.62. The molecule has 3 rings (SSSR count). The quantitative estimate of drug-likeness (QED) is 0.900. The molecule has 0 aromatic heterocycles. The van der Waals surface area contributed by atoms with Crippen molar-refractivity contribution in [3.05, 3.63) is 35.6 Å². The van der Waals surface area contributed by atoms with Crippen LogP contribution in [0.15, 0.2) is 24.3 Å². The summed E-state index contributed by atoms with van der Waals surface area (Å²) in [5.74, 6) is -0.144. The predicted octanol–water partition coefficient (Wildman–Crippen LogP) is 1.57. The molecule has 2 aliphatic rings. The van der Waals surface area contributed by atoms with Gasteiger partial charge in [0.2, 0.25) is 11.8 Å². The van der Waals surface area contributed by atoms with Crippen molar-refractivity contribution in [2.45, 2.75) is 38.1 Å². The SMILES string of the molecule is O=C(Cc1cccc(F)c1)N1CCCN(C(=O)CC2CCCN2)CC1. The third-order valence-corrected chi connectivity index (χ3v) is 5.03. The molecule has 0 saturated carbocycles. The third-order valence-electron chi connectivity index (χ3n) is 5.03. The predicted molar refractivity (Wildman–Crippen MR) is 93.5 cm³/mol. The lowest BCUT2D eigenvalue weighted by Crippen LogP contribution is -2.39. The van der Waals surface area contributed by atoms with E-state index in [-0.39, 0.29) is 24.1 Å². The minimum absolute atomic E-state index is 0.00245. The normalized spacial score (nSPS) is 21.2. The molecule has 2 saturated heterocycles. The second-order valence-corrected chi connectivity index (χ2v) is 6.92. The van der Waals surface area contributed by atoms with Crippen LogP contribution in [0.25, 0.3) is 0 Å². The molecule has 0 spiro atoms. The largest absolute Gasteiger partial charge is 0.341 e. The molecule has 0 aliphatic carbocycles. The molecule has 5 nitrogen and oxygen atoms in total. The van der Waals surface area contributed by atoms with Gasteiger partial charge in [-0.2, -0.15) is 0 Å². The summed E-state index contributed by atoms with van der Waals surface area (Å²) in [6, 6.07) is 6.48. The van der Waals surface area contributed by atoms with Crippen LogP contribution >= 0.6 is 0 Å². The summed E-state index contributed by atoms with van der Waals surface area (Å²) in [6.45, 7) is 3.49. The van der Waals surface area contributed by atoms with E-state index in [9.17, 15) is 14.0 Å². The second kappa shape index (κ2) is 8.43. The van der Waals surface area contributed by atoms with Crippen LogP contribution in [0.5, 0.6) is 0 Å².